The second kappa shape index (κ2) is 6.63. The van der Waals surface area contributed by atoms with E-state index in [0.29, 0.717) is 5.92 Å². The molecule has 1 atom stereocenters. The van der Waals surface area contributed by atoms with Crippen LogP contribution >= 0.6 is 0 Å². The summed E-state index contributed by atoms with van der Waals surface area (Å²) in [6.45, 7) is 8.94. The smallest absolute Gasteiger partial charge is 0.0560 e. The zero-order valence-corrected chi connectivity index (χ0v) is 13.7. The lowest BCUT2D eigenvalue weighted by molar-refractivity contribution is 0.134. The minimum absolute atomic E-state index is 0.416. The number of aryl methyl sites for hydroxylation is 2. The zero-order chi connectivity index (χ0) is 15.5. The van der Waals surface area contributed by atoms with Gasteiger partial charge in [0.25, 0.3) is 0 Å². The molecule has 1 aliphatic heterocycles. The molecule has 0 fully saturated rings. The highest BCUT2D eigenvalue weighted by Crippen LogP contribution is 2.29. The van der Waals surface area contributed by atoms with E-state index in [1.54, 1.807) is 7.11 Å². The SMILES string of the molecule is CCn1ncc2c1CN(Cc1ccc(C)cc1)C[C@@H]2COC. The second-order valence-electron chi connectivity index (χ2n) is 6.17. The van der Waals surface area contributed by atoms with E-state index in [1.165, 1.54) is 22.4 Å². The van der Waals surface area contributed by atoms with Crippen LogP contribution in [-0.2, 0) is 24.4 Å². The van der Waals surface area contributed by atoms with Gasteiger partial charge in [0.05, 0.1) is 18.5 Å². The van der Waals surface area contributed by atoms with Gasteiger partial charge in [0, 0.05) is 44.8 Å². The van der Waals surface area contributed by atoms with Crippen LogP contribution in [0.15, 0.2) is 30.5 Å². The predicted octanol–water partition coefficient (Wildman–Crippen LogP) is 2.96. The summed E-state index contributed by atoms with van der Waals surface area (Å²) >= 11 is 0. The predicted molar refractivity (Wildman–Crippen MR) is 87.8 cm³/mol. The van der Waals surface area contributed by atoms with Gasteiger partial charge < -0.3 is 4.74 Å². The molecule has 22 heavy (non-hydrogen) atoms. The van der Waals surface area contributed by atoms with Crippen molar-refractivity contribution in [1.82, 2.24) is 14.7 Å². The first-order valence-corrected chi connectivity index (χ1v) is 8.02. The van der Waals surface area contributed by atoms with E-state index in [9.17, 15) is 0 Å². The average Bonchev–Trinajstić information content (AvgIpc) is 2.93. The van der Waals surface area contributed by atoms with Crippen molar-refractivity contribution in [1.29, 1.82) is 0 Å². The van der Waals surface area contributed by atoms with Gasteiger partial charge >= 0.3 is 0 Å². The Morgan fingerprint density at radius 1 is 1.27 bits per heavy atom. The van der Waals surface area contributed by atoms with E-state index in [-0.39, 0.29) is 0 Å². The highest BCUT2D eigenvalue weighted by atomic mass is 16.5. The third-order valence-electron chi connectivity index (χ3n) is 4.47. The fourth-order valence-electron chi connectivity index (χ4n) is 3.31. The van der Waals surface area contributed by atoms with Crippen LogP contribution in [0.5, 0.6) is 0 Å². The van der Waals surface area contributed by atoms with Crippen LogP contribution in [0.25, 0.3) is 0 Å². The Kier molecular flexibility index (Phi) is 4.60. The highest BCUT2D eigenvalue weighted by molar-refractivity contribution is 5.27. The van der Waals surface area contributed by atoms with Gasteiger partial charge in [-0.2, -0.15) is 5.10 Å². The van der Waals surface area contributed by atoms with Crippen molar-refractivity contribution in [3.8, 4) is 0 Å². The molecule has 0 bridgehead atoms. The van der Waals surface area contributed by atoms with Crippen molar-refractivity contribution in [3.05, 3.63) is 52.8 Å². The fourth-order valence-corrected chi connectivity index (χ4v) is 3.31. The Labute approximate surface area is 132 Å². The maximum atomic E-state index is 5.43. The van der Waals surface area contributed by atoms with Crippen LogP contribution < -0.4 is 0 Å². The van der Waals surface area contributed by atoms with Gasteiger partial charge in [-0.15, -0.1) is 0 Å². The summed E-state index contributed by atoms with van der Waals surface area (Å²) in [7, 11) is 1.78. The number of benzene rings is 1. The lowest BCUT2D eigenvalue weighted by atomic mass is 9.95. The van der Waals surface area contributed by atoms with Crippen LogP contribution in [-0.4, -0.2) is 34.9 Å². The van der Waals surface area contributed by atoms with Gasteiger partial charge in [-0.05, 0) is 19.4 Å². The molecular weight excluding hydrogens is 274 g/mol. The normalized spacial score (nSPS) is 18.4. The van der Waals surface area contributed by atoms with E-state index >= 15 is 0 Å². The van der Waals surface area contributed by atoms with Gasteiger partial charge in [0.1, 0.15) is 0 Å². The van der Waals surface area contributed by atoms with Crippen molar-refractivity contribution in [2.45, 2.75) is 39.4 Å². The first kappa shape index (κ1) is 15.3. The topological polar surface area (TPSA) is 30.3 Å². The number of aromatic nitrogens is 2. The van der Waals surface area contributed by atoms with Gasteiger partial charge in [0.2, 0.25) is 0 Å². The molecule has 0 spiro atoms. The molecule has 0 saturated carbocycles. The summed E-state index contributed by atoms with van der Waals surface area (Å²) in [6, 6.07) is 8.84. The van der Waals surface area contributed by atoms with Crippen LogP contribution in [0.3, 0.4) is 0 Å². The Hall–Kier alpha value is -1.65. The summed E-state index contributed by atoms with van der Waals surface area (Å²) < 4.78 is 7.56. The minimum Gasteiger partial charge on any atom is -0.384 e. The molecule has 4 heteroatoms. The highest BCUT2D eigenvalue weighted by Gasteiger charge is 2.28. The van der Waals surface area contributed by atoms with E-state index in [4.69, 9.17) is 4.74 Å². The molecule has 0 N–H and O–H groups in total. The van der Waals surface area contributed by atoms with Gasteiger partial charge in [0.15, 0.2) is 0 Å². The molecule has 0 saturated heterocycles. The summed E-state index contributed by atoms with van der Waals surface area (Å²) in [4.78, 5) is 2.50. The van der Waals surface area contributed by atoms with E-state index < -0.39 is 0 Å². The third kappa shape index (κ3) is 3.08. The quantitative estimate of drug-likeness (QED) is 0.850. The second-order valence-corrected chi connectivity index (χ2v) is 6.17. The van der Waals surface area contributed by atoms with E-state index in [1.807, 2.05) is 6.20 Å². The Bertz CT molecular complexity index is 618. The lowest BCUT2D eigenvalue weighted by Gasteiger charge is -2.33. The summed E-state index contributed by atoms with van der Waals surface area (Å²) in [5, 5.41) is 4.54. The van der Waals surface area contributed by atoms with Crippen molar-refractivity contribution < 1.29 is 4.74 Å². The number of hydrogen-bond acceptors (Lipinski definition) is 3. The summed E-state index contributed by atoms with van der Waals surface area (Å²) in [6.07, 6.45) is 2.03. The van der Waals surface area contributed by atoms with Gasteiger partial charge in [-0.25, -0.2) is 0 Å². The molecule has 0 unspecified atom stereocenters. The van der Waals surface area contributed by atoms with Crippen molar-refractivity contribution in [3.63, 3.8) is 0 Å². The lowest BCUT2D eigenvalue weighted by Crippen LogP contribution is -2.35. The van der Waals surface area contributed by atoms with E-state index in [2.05, 4.69) is 52.8 Å². The monoisotopic (exact) mass is 299 g/mol. The fraction of sp³-hybridized carbons (Fsp3) is 0.500. The summed E-state index contributed by atoms with van der Waals surface area (Å²) in [5.41, 5.74) is 5.39. The standard InChI is InChI=1S/C18H25N3O/c1-4-21-18-12-20(10-15-7-5-14(2)6-8-15)11-16(13-22-3)17(18)9-19-21/h5-9,16H,4,10-13H2,1-3H3/t16-/m1/s1. The molecule has 118 valence electrons. The molecule has 0 radical (unpaired) electrons. The molecule has 2 heterocycles. The van der Waals surface area contributed by atoms with Crippen LogP contribution in [0.4, 0.5) is 0 Å². The largest absolute Gasteiger partial charge is 0.384 e. The number of methoxy groups -OCH3 is 1. The molecule has 1 aromatic carbocycles. The van der Waals surface area contributed by atoms with E-state index in [0.717, 1.165) is 32.8 Å². The van der Waals surface area contributed by atoms with Crippen LogP contribution in [0.1, 0.15) is 35.2 Å². The zero-order valence-electron chi connectivity index (χ0n) is 13.7. The molecule has 2 aromatic rings. The summed E-state index contributed by atoms with van der Waals surface area (Å²) in [5.74, 6) is 0.416. The van der Waals surface area contributed by atoms with Gasteiger partial charge in [-0.1, -0.05) is 29.8 Å². The Balaban J connectivity index is 1.80. The van der Waals surface area contributed by atoms with Crippen molar-refractivity contribution >= 4 is 0 Å². The third-order valence-corrected chi connectivity index (χ3v) is 4.47. The number of hydrogen-bond donors (Lipinski definition) is 0. The molecule has 4 nitrogen and oxygen atoms in total. The van der Waals surface area contributed by atoms with Crippen LogP contribution in [0.2, 0.25) is 0 Å². The van der Waals surface area contributed by atoms with Gasteiger partial charge in [-0.3, -0.25) is 9.58 Å². The molecule has 0 aliphatic carbocycles. The number of nitrogens with zero attached hydrogens (tertiary/aromatic N) is 3. The maximum Gasteiger partial charge on any atom is 0.0560 e. The van der Waals surface area contributed by atoms with Crippen LogP contribution in [0, 0.1) is 6.92 Å². The minimum atomic E-state index is 0.416. The number of fused-ring (bicyclic) bond motifs is 1. The molecular formula is C18H25N3O. The Morgan fingerprint density at radius 2 is 2.05 bits per heavy atom. The molecule has 3 rings (SSSR count). The number of ether oxygens (including phenoxy) is 1. The molecule has 0 amide bonds. The first-order valence-electron chi connectivity index (χ1n) is 8.02. The molecule has 1 aliphatic rings. The Morgan fingerprint density at radius 3 is 2.73 bits per heavy atom. The van der Waals surface area contributed by atoms with Crippen molar-refractivity contribution in [2.75, 3.05) is 20.3 Å². The average molecular weight is 299 g/mol. The van der Waals surface area contributed by atoms with Crippen molar-refractivity contribution in [2.24, 2.45) is 0 Å². The molecule has 1 aromatic heterocycles. The maximum absolute atomic E-state index is 5.43. The number of rotatable bonds is 5. The first-order chi connectivity index (χ1) is 10.7.